The first kappa shape index (κ1) is 18.4. The Kier molecular flexibility index (Phi) is 6.40. The summed E-state index contributed by atoms with van der Waals surface area (Å²) in [6.07, 6.45) is 4.01. The highest BCUT2D eigenvalue weighted by atomic mass is 16.6. The molecule has 0 spiro atoms. The molecule has 0 aliphatic rings. The average molecular weight is 367 g/mol. The van der Waals surface area contributed by atoms with Crippen molar-refractivity contribution in [3.63, 3.8) is 0 Å². The standard InChI is InChI=1S/C20H21N3O4/c1-2-11-25-18-7-9-19(10-8-18)26-12-13-27-20(24)16-3-5-17(6-4-16)23-15-21-14-22-23/h3-10,14-15H,2,11-13H2,1H3. The number of hydrogen-bond acceptors (Lipinski definition) is 6. The number of rotatable bonds is 9. The molecule has 3 rings (SSSR count). The van der Waals surface area contributed by atoms with E-state index < -0.39 is 5.97 Å². The fourth-order valence-electron chi connectivity index (χ4n) is 2.32. The van der Waals surface area contributed by atoms with Crippen molar-refractivity contribution in [2.75, 3.05) is 19.8 Å². The molecule has 0 aliphatic heterocycles. The Morgan fingerprint density at radius 3 is 2.19 bits per heavy atom. The second kappa shape index (κ2) is 9.38. The topological polar surface area (TPSA) is 75.5 Å². The Bertz CT molecular complexity index is 831. The Balaban J connectivity index is 1.41. The molecule has 0 radical (unpaired) electrons. The number of aromatic nitrogens is 3. The lowest BCUT2D eigenvalue weighted by atomic mass is 10.2. The third-order valence-electron chi connectivity index (χ3n) is 3.67. The number of carbonyl (C=O) groups is 1. The van der Waals surface area contributed by atoms with E-state index in [4.69, 9.17) is 14.2 Å². The zero-order chi connectivity index (χ0) is 18.9. The van der Waals surface area contributed by atoms with Crippen molar-refractivity contribution in [3.8, 4) is 17.2 Å². The van der Waals surface area contributed by atoms with Crippen LogP contribution >= 0.6 is 0 Å². The molecular weight excluding hydrogens is 346 g/mol. The van der Waals surface area contributed by atoms with Crippen molar-refractivity contribution in [2.24, 2.45) is 0 Å². The minimum absolute atomic E-state index is 0.164. The zero-order valence-electron chi connectivity index (χ0n) is 15.1. The van der Waals surface area contributed by atoms with Crippen LogP contribution in [0.3, 0.4) is 0 Å². The van der Waals surface area contributed by atoms with Crippen LogP contribution in [0.15, 0.2) is 61.2 Å². The van der Waals surface area contributed by atoms with Crippen molar-refractivity contribution in [1.29, 1.82) is 0 Å². The summed E-state index contributed by atoms with van der Waals surface area (Å²) in [6.45, 7) is 3.19. The van der Waals surface area contributed by atoms with Crippen molar-refractivity contribution >= 4 is 5.97 Å². The summed E-state index contributed by atoms with van der Waals surface area (Å²) in [6, 6.07) is 14.3. The molecule has 7 heteroatoms. The maximum absolute atomic E-state index is 12.1. The predicted molar refractivity (Wildman–Crippen MR) is 99.4 cm³/mol. The summed E-state index contributed by atoms with van der Waals surface area (Å²) >= 11 is 0. The highest BCUT2D eigenvalue weighted by Crippen LogP contribution is 2.17. The van der Waals surface area contributed by atoms with Gasteiger partial charge in [0.15, 0.2) is 0 Å². The van der Waals surface area contributed by atoms with Gasteiger partial charge >= 0.3 is 5.97 Å². The van der Waals surface area contributed by atoms with Gasteiger partial charge in [0.2, 0.25) is 0 Å². The molecular formula is C20H21N3O4. The summed E-state index contributed by atoms with van der Waals surface area (Å²) < 4.78 is 17.9. The van der Waals surface area contributed by atoms with Gasteiger partial charge in [0, 0.05) is 0 Å². The third-order valence-corrected chi connectivity index (χ3v) is 3.67. The first-order chi connectivity index (χ1) is 13.3. The predicted octanol–water partition coefficient (Wildman–Crippen LogP) is 3.29. The van der Waals surface area contributed by atoms with Crippen molar-refractivity contribution in [2.45, 2.75) is 13.3 Å². The monoisotopic (exact) mass is 367 g/mol. The van der Waals surface area contributed by atoms with E-state index in [0.29, 0.717) is 17.9 Å². The Morgan fingerprint density at radius 1 is 0.926 bits per heavy atom. The Labute approximate surface area is 157 Å². The van der Waals surface area contributed by atoms with Crippen molar-refractivity contribution in [1.82, 2.24) is 14.8 Å². The first-order valence-corrected chi connectivity index (χ1v) is 8.74. The largest absolute Gasteiger partial charge is 0.494 e. The molecule has 27 heavy (non-hydrogen) atoms. The number of hydrogen-bond donors (Lipinski definition) is 0. The molecule has 2 aromatic carbocycles. The summed E-state index contributed by atoms with van der Waals surface area (Å²) in [7, 11) is 0. The van der Waals surface area contributed by atoms with Gasteiger partial charge in [-0.2, -0.15) is 5.10 Å². The molecule has 0 saturated carbocycles. The third kappa shape index (κ3) is 5.31. The summed E-state index contributed by atoms with van der Waals surface area (Å²) in [5.74, 6) is 1.11. The molecule has 7 nitrogen and oxygen atoms in total. The van der Waals surface area contributed by atoms with Gasteiger partial charge in [-0.05, 0) is 55.0 Å². The number of esters is 1. The van der Waals surface area contributed by atoms with Gasteiger partial charge in [-0.1, -0.05) is 6.92 Å². The van der Waals surface area contributed by atoms with Gasteiger partial charge in [0.05, 0.1) is 17.9 Å². The van der Waals surface area contributed by atoms with E-state index in [-0.39, 0.29) is 13.2 Å². The van der Waals surface area contributed by atoms with Gasteiger partial charge in [0.25, 0.3) is 0 Å². The highest BCUT2D eigenvalue weighted by Gasteiger charge is 2.08. The Morgan fingerprint density at radius 2 is 1.59 bits per heavy atom. The van der Waals surface area contributed by atoms with E-state index in [0.717, 1.165) is 17.9 Å². The summed E-state index contributed by atoms with van der Waals surface area (Å²) in [4.78, 5) is 16.0. The van der Waals surface area contributed by atoms with Crippen LogP contribution in [0.2, 0.25) is 0 Å². The van der Waals surface area contributed by atoms with E-state index in [1.165, 1.54) is 6.33 Å². The number of benzene rings is 2. The first-order valence-electron chi connectivity index (χ1n) is 8.74. The lowest BCUT2D eigenvalue weighted by Gasteiger charge is -2.09. The SMILES string of the molecule is CCCOc1ccc(OCCOC(=O)c2ccc(-n3cncn3)cc2)cc1. The molecule has 0 saturated heterocycles. The van der Waals surface area contributed by atoms with Crippen LogP contribution in [-0.2, 0) is 4.74 Å². The van der Waals surface area contributed by atoms with E-state index in [1.54, 1.807) is 35.3 Å². The normalized spacial score (nSPS) is 10.4. The van der Waals surface area contributed by atoms with Crippen LogP contribution in [0.4, 0.5) is 0 Å². The molecule has 3 aromatic rings. The molecule has 0 unspecified atom stereocenters. The van der Waals surface area contributed by atoms with Gasteiger partial charge in [-0.3, -0.25) is 0 Å². The maximum Gasteiger partial charge on any atom is 0.338 e. The van der Waals surface area contributed by atoms with Gasteiger partial charge in [-0.25, -0.2) is 14.5 Å². The summed E-state index contributed by atoms with van der Waals surface area (Å²) in [5.41, 5.74) is 1.29. The van der Waals surface area contributed by atoms with E-state index in [2.05, 4.69) is 17.0 Å². The summed E-state index contributed by atoms with van der Waals surface area (Å²) in [5, 5.41) is 4.04. The highest BCUT2D eigenvalue weighted by molar-refractivity contribution is 5.89. The number of nitrogens with zero attached hydrogens (tertiary/aromatic N) is 3. The molecule has 1 heterocycles. The fraction of sp³-hybridized carbons (Fsp3) is 0.250. The van der Waals surface area contributed by atoms with Crippen LogP contribution in [0.25, 0.3) is 5.69 Å². The van der Waals surface area contributed by atoms with Gasteiger partial charge < -0.3 is 14.2 Å². The van der Waals surface area contributed by atoms with Crippen LogP contribution in [0.5, 0.6) is 11.5 Å². The lowest BCUT2D eigenvalue weighted by molar-refractivity contribution is 0.0450. The minimum atomic E-state index is -0.396. The van der Waals surface area contributed by atoms with Crippen LogP contribution in [-0.4, -0.2) is 40.6 Å². The van der Waals surface area contributed by atoms with Crippen molar-refractivity contribution < 1.29 is 19.0 Å². The zero-order valence-corrected chi connectivity index (χ0v) is 15.1. The molecule has 0 aliphatic carbocycles. The molecule has 140 valence electrons. The van der Waals surface area contributed by atoms with E-state index in [1.807, 2.05) is 24.3 Å². The quantitative estimate of drug-likeness (QED) is 0.427. The van der Waals surface area contributed by atoms with Gasteiger partial charge in [-0.15, -0.1) is 0 Å². The minimum Gasteiger partial charge on any atom is -0.494 e. The molecule has 0 N–H and O–H groups in total. The fourth-order valence-corrected chi connectivity index (χ4v) is 2.32. The lowest BCUT2D eigenvalue weighted by Crippen LogP contribution is -2.12. The maximum atomic E-state index is 12.1. The van der Waals surface area contributed by atoms with Crippen LogP contribution in [0.1, 0.15) is 23.7 Å². The molecule has 0 bridgehead atoms. The second-order valence-electron chi connectivity index (χ2n) is 5.69. The number of ether oxygens (including phenoxy) is 3. The molecule has 0 fully saturated rings. The molecule has 1 aromatic heterocycles. The van der Waals surface area contributed by atoms with Crippen molar-refractivity contribution in [3.05, 3.63) is 66.7 Å². The Hall–Kier alpha value is -3.35. The molecule has 0 amide bonds. The van der Waals surface area contributed by atoms with Crippen LogP contribution < -0.4 is 9.47 Å². The second-order valence-corrected chi connectivity index (χ2v) is 5.69. The van der Waals surface area contributed by atoms with E-state index >= 15 is 0 Å². The van der Waals surface area contributed by atoms with Gasteiger partial charge in [0.1, 0.15) is 37.4 Å². The average Bonchev–Trinajstić information content (AvgIpc) is 3.25. The smallest absolute Gasteiger partial charge is 0.338 e. The van der Waals surface area contributed by atoms with Crippen LogP contribution in [0, 0.1) is 0 Å². The molecule has 0 atom stereocenters. The van der Waals surface area contributed by atoms with E-state index in [9.17, 15) is 4.79 Å². The number of carbonyl (C=O) groups excluding carboxylic acids is 1.